The van der Waals surface area contributed by atoms with Crippen LogP contribution in [0.15, 0.2) is 18.2 Å². The summed E-state index contributed by atoms with van der Waals surface area (Å²) in [5, 5.41) is 10.2. The number of methoxy groups -OCH3 is 1. The molecule has 0 radical (unpaired) electrons. The summed E-state index contributed by atoms with van der Waals surface area (Å²) >= 11 is 0. The molecule has 0 spiro atoms. The van der Waals surface area contributed by atoms with Gasteiger partial charge in [-0.1, -0.05) is 0 Å². The van der Waals surface area contributed by atoms with Crippen LogP contribution in [-0.2, 0) is 0 Å². The van der Waals surface area contributed by atoms with E-state index in [0.29, 0.717) is 12.3 Å². The number of fused-ring (bicyclic) bond motifs is 1. The summed E-state index contributed by atoms with van der Waals surface area (Å²) in [5.74, 6) is 2.14. The largest absolute Gasteiger partial charge is 0.497 e. The maximum atomic E-state index is 10.2. The average Bonchev–Trinajstić information content (AvgIpc) is 3.12. The van der Waals surface area contributed by atoms with Crippen molar-refractivity contribution in [2.75, 3.05) is 7.11 Å². The van der Waals surface area contributed by atoms with Crippen LogP contribution < -0.4 is 9.47 Å². The molecule has 1 aromatic rings. The molecule has 3 rings (SSSR count). The van der Waals surface area contributed by atoms with Gasteiger partial charge in [0, 0.05) is 18.1 Å². The van der Waals surface area contributed by atoms with E-state index in [1.807, 2.05) is 18.2 Å². The molecule has 3 nitrogen and oxygen atoms in total. The standard InChI is InChI=1S/C14H18O3/c1-14(9-3-4-9)8-12(15)11-6-5-10(16-2)7-13(11)17-14/h5-7,9,12,15H,3-4,8H2,1-2H3. The molecule has 2 aliphatic rings. The molecular weight excluding hydrogens is 216 g/mol. The van der Waals surface area contributed by atoms with Gasteiger partial charge in [-0.15, -0.1) is 0 Å². The fraction of sp³-hybridized carbons (Fsp3) is 0.571. The number of hydrogen-bond donors (Lipinski definition) is 1. The van der Waals surface area contributed by atoms with Gasteiger partial charge in [0.05, 0.1) is 13.2 Å². The molecule has 92 valence electrons. The van der Waals surface area contributed by atoms with Crippen LogP contribution in [0.1, 0.15) is 37.9 Å². The van der Waals surface area contributed by atoms with Crippen LogP contribution in [0, 0.1) is 5.92 Å². The predicted molar refractivity (Wildman–Crippen MR) is 64.3 cm³/mol. The molecule has 2 unspecified atom stereocenters. The normalized spacial score (nSPS) is 31.6. The second kappa shape index (κ2) is 3.64. The van der Waals surface area contributed by atoms with Gasteiger partial charge in [0.25, 0.3) is 0 Å². The van der Waals surface area contributed by atoms with Gasteiger partial charge in [0.15, 0.2) is 0 Å². The second-order valence-electron chi connectivity index (χ2n) is 5.31. The van der Waals surface area contributed by atoms with E-state index in [9.17, 15) is 5.11 Å². The molecule has 1 fully saturated rings. The SMILES string of the molecule is COc1ccc2c(c1)OC(C)(C1CC1)CC2O. The lowest BCUT2D eigenvalue weighted by molar-refractivity contribution is -0.0167. The minimum atomic E-state index is -0.421. The van der Waals surface area contributed by atoms with Gasteiger partial charge in [0.2, 0.25) is 0 Å². The number of aliphatic hydroxyl groups is 1. The number of ether oxygens (including phenoxy) is 2. The number of aliphatic hydroxyl groups excluding tert-OH is 1. The van der Waals surface area contributed by atoms with E-state index in [0.717, 1.165) is 17.1 Å². The molecule has 1 aromatic carbocycles. The second-order valence-corrected chi connectivity index (χ2v) is 5.31. The fourth-order valence-corrected chi connectivity index (χ4v) is 2.74. The highest BCUT2D eigenvalue weighted by atomic mass is 16.5. The monoisotopic (exact) mass is 234 g/mol. The van der Waals surface area contributed by atoms with Crippen LogP contribution >= 0.6 is 0 Å². The number of rotatable bonds is 2. The maximum Gasteiger partial charge on any atom is 0.129 e. The Bertz CT molecular complexity index is 439. The smallest absolute Gasteiger partial charge is 0.129 e. The van der Waals surface area contributed by atoms with Crippen molar-refractivity contribution in [1.82, 2.24) is 0 Å². The fourth-order valence-electron chi connectivity index (χ4n) is 2.74. The molecule has 1 N–H and O–H groups in total. The predicted octanol–water partition coefficient (Wildman–Crippen LogP) is 2.68. The molecule has 0 amide bonds. The average molecular weight is 234 g/mol. The van der Waals surface area contributed by atoms with Crippen LogP contribution in [-0.4, -0.2) is 17.8 Å². The zero-order valence-corrected chi connectivity index (χ0v) is 10.3. The Labute approximate surface area is 101 Å². The van der Waals surface area contributed by atoms with E-state index in [-0.39, 0.29) is 5.60 Å². The summed E-state index contributed by atoms with van der Waals surface area (Å²) in [5.41, 5.74) is 0.669. The van der Waals surface area contributed by atoms with Crippen molar-refractivity contribution in [3.63, 3.8) is 0 Å². The summed E-state index contributed by atoms with van der Waals surface area (Å²) in [6, 6.07) is 5.63. The number of hydrogen-bond acceptors (Lipinski definition) is 3. The first-order valence-electron chi connectivity index (χ1n) is 6.17. The molecule has 17 heavy (non-hydrogen) atoms. The van der Waals surface area contributed by atoms with Crippen LogP contribution in [0.2, 0.25) is 0 Å². The molecule has 1 heterocycles. The molecule has 0 bridgehead atoms. The van der Waals surface area contributed by atoms with Crippen LogP contribution in [0.25, 0.3) is 0 Å². The van der Waals surface area contributed by atoms with E-state index in [4.69, 9.17) is 9.47 Å². The van der Waals surface area contributed by atoms with E-state index < -0.39 is 6.10 Å². The van der Waals surface area contributed by atoms with E-state index >= 15 is 0 Å². The third kappa shape index (κ3) is 1.78. The molecule has 1 aliphatic heterocycles. The van der Waals surface area contributed by atoms with Gasteiger partial charge in [-0.05, 0) is 37.8 Å². The minimum Gasteiger partial charge on any atom is -0.497 e. The molecule has 2 atom stereocenters. The third-order valence-electron chi connectivity index (χ3n) is 3.96. The van der Waals surface area contributed by atoms with Crippen molar-refractivity contribution in [2.45, 2.75) is 37.9 Å². The summed E-state index contributed by atoms with van der Waals surface area (Å²) in [4.78, 5) is 0. The maximum absolute atomic E-state index is 10.2. The van der Waals surface area contributed by atoms with Crippen molar-refractivity contribution >= 4 is 0 Å². The van der Waals surface area contributed by atoms with Gasteiger partial charge in [0.1, 0.15) is 17.1 Å². The molecule has 1 aliphatic carbocycles. The summed E-state index contributed by atoms with van der Waals surface area (Å²) in [6.07, 6.45) is 2.69. The van der Waals surface area contributed by atoms with Crippen molar-refractivity contribution in [2.24, 2.45) is 5.92 Å². The lowest BCUT2D eigenvalue weighted by atomic mass is 9.86. The quantitative estimate of drug-likeness (QED) is 0.855. The van der Waals surface area contributed by atoms with Crippen LogP contribution in [0.4, 0.5) is 0 Å². The lowest BCUT2D eigenvalue weighted by Crippen LogP contribution is -2.40. The van der Waals surface area contributed by atoms with Crippen LogP contribution in [0.5, 0.6) is 11.5 Å². The molecule has 1 saturated carbocycles. The number of benzene rings is 1. The molecule has 0 saturated heterocycles. The van der Waals surface area contributed by atoms with Crippen molar-refractivity contribution in [1.29, 1.82) is 0 Å². The van der Waals surface area contributed by atoms with Gasteiger partial charge in [-0.3, -0.25) is 0 Å². The third-order valence-corrected chi connectivity index (χ3v) is 3.96. The molecule has 0 aromatic heterocycles. The van der Waals surface area contributed by atoms with Crippen LogP contribution in [0.3, 0.4) is 0 Å². The Kier molecular flexibility index (Phi) is 2.33. The van der Waals surface area contributed by atoms with E-state index in [1.165, 1.54) is 12.8 Å². The summed E-state index contributed by atoms with van der Waals surface area (Å²) in [7, 11) is 1.64. The highest BCUT2D eigenvalue weighted by Gasteiger charge is 2.47. The zero-order chi connectivity index (χ0) is 12.0. The van der Waals surface area contributed by atoms with Crippen molar-refractivity contribution in [3.05, 3.63) is 23.8 Å². The van der Waals surface area contributed by atoms with Gasteiger partial charge >= 0.3 is 0 Å². The van der Waals surface area contributed by atoms with Gasteiger partial charge in [-0.25, -0.2) is 0 Å². The Hall–Kier alpha value is -1.22. The zero-order valence-electron chi connectivity index (χ0n) is 10.3. The van der Waals surface area contributed by atoms with Crippen molar-refractivity contribution < 1.29 is 14.6 Å². The van der Waals surface area contributed by atoms with E-state index in [1.54, 1.807) is 7.11 Å². The Morgan fingerprint density at radius 3 is 2.82 bits per heavy atom. The minimum absolute atomic E-state index is 0.210. The first kappa shape index (κ1) is 10.9. The summed E-state index contributed by atoms with van der Waals surface area (Å²) in [6.45, 7) is 2.11. The molecule has 3 heteroatoms. The summed E-state index contributed by atoms with van der Waals surface area (Å²) < 4.78 is 11.3. The molecular formula is C14H18O3. The first-order chi connectivity index (χ1) is 8.12. The Morgan fingerprint density at radius 2 is 2.18 bits per heavy atom. The van der Waals surface area contributed by atoms with E-state index in [2.05, 4.69) is 6.92 Å². The van der Waals surface area contributed by atoms with Gasteiger partial charge in [-0.2, -0.15) is 0 Å². The highest BCUT2D eigenvalue weighted by molar-refractivity contribution is 5.44. The lowest BCUT2D eigenvalue weighted by Gasteiger charge is -2.38. The van der Waals surface area contributed by atoms with Gasteiger partial charge < -0.3 is 14.6 Å². The first-order valence-corrected chi connectivity index (χ1v) is 6.17. The topological polar surface area (TPSA) is 38.7 Å². The Morgan fingerprint density at radius 1 is 1.41 bits per heavy atom. The Balaban J connectivity index is 1.97. The highest BCUT2D eigenvalue weighted by Crippen LogP contribution is 2.50. The van der Waals surface area contributed by atoms with Crippen molar-refractivity contribution in [3.8, 4) is 11.5 Å².